The second kappa shape index (κ2) is 68.9. The summed E-state index contributed by atoms with van der Waals surface area (Å²) >= 11 is 0. The van der Waals surface area contributed by atoms with Gasteiger partial charge in [-0.15, -0.1) is 0 Å². The molecule has 516 valence electrons. The molecule has 0 spiro atoms. The summed E-state index contributed by atoms with van der Waals surface area (Å²) in [5.41, 5.74) is 0. The van der Waals surface area contributed by atoms with Crippen LogP contribution in [-0.2, 0) is 18.4 Å². The van der Waals surface area contributed by atoms with Gasteiger partial charge in [0.05, 0.1) is 39.9 Å². The number of carbonyl (C=O) groups is 1. The Kier molecular flexibility index (Phi) is 68.5. The Balaban J connectivity index is 3.91. The average molecular weight is 1240 g/mol. The number of amides is 1. The first-order valence-corrected chi connectivity index (χ1v) is 40.8. The van der Waals surface area contributed by atoms with Gasteiger partial charge < -0.3 is 28.8 Å². The number of quaternary nitrogens is 1. The lowest BCUT2D eigenvalue weighted by molar-refractivity contribution is -0.870. The maximum absolute atomic E-state index is 13.1. The number of rotatable bonds is 75. The minimum absolute atomic E-state index is 0.0171. The van der Waals surface area contributed by atoms with Crippen LogP contribution in [0.5, 0.6) is 0 Å². The third-order valence-corrected chi connectivity index (χ3v) is 19.8. The lowest BCUT2D eigenvalue weighted by atomic mass is 10.0. The van der Waals surface area contributed by atoms with Gasteiger partial charge in [0.2, 0.25) is 5.91 Å². The van der Waals surface area contributed by atoms with Gasteiger partial charge in [-0.2, -0.15) is 0 Å². The van der Waals surface area contributed by atoms with Crippen molar-refractivity contribution >= 4 is 13.7 Å². The predicted molar refractivity (Wildman–Crippen MR) is 376 cm³/mol. The highest BCUT2D eigenvalue weighted by molar-refractivity contribution is 7.45. The highest BCUT2D eigenvalue weighted by Gasteiger charge is 2.24. The van der Waals surface area contributed by atoms with E-state index in [2.05, 4.69) is 19.2 Å². The number of unbranched alkanes of at least 4 members (excludes halogenated alkanes) is 62. The molecule has 1 amide bonds. The van der Waals surface area contributed by atoms with Crippen molar-refractivity contribution in [3.63, 3.8) is 0 Å². The van der Waals surface area contributed by atoms with Gasteiger partial charge in [-0.1, -0.05) is 418 Å². The van der Waals surface area contributed by atoms with Crippen LogP contribution in [0.2, 0.25) is 0 Å². The molecule has 86 heavy (non-hydrogen) atoms. The van der Waals surface area contributed by atoms with Crippen molar-refractivity contribution in [1.29, 1.82) is 0 Å². The number of nitrogens with zero attached hydrogens (tertiary/aromatic N) is 1. The van der Waals surface area contributed by atoms with Crippen LogP contribution in [0.15, 0.2) is 0 Å². The summed E-state index contributed by atoms with van der Waals surface area (Å²) in [6.45, 7) is 4.81. The fourth-order valence-corrected chi connectivity index (χ4v) is 13.5. The van der Waals surface area contributed by atoms with Gasteiger partial charge in [-0.25, -0.2) is 0 Å². The van der Waals surface area contributed by atoms with E-state index in [9.17, 15) is 19.4 Å². The molecular formula is C77H157N2O6P. The zero-order valence-electron chi connectivity index (χ0n) is 59.3. The van der Waals surface area contributed by atoms with E-state index in [1.807, 2.05) is 21.1 Å². The summed E-state index contributed by atoms with van der Waals surface area (Å²) in [5, 5.41) is 14.1. The first-order chi connectivity index (χ1) is 42.0. The number of likely N-dealkylation sites (N-methyl/N-ethyl adjacent to an activating group) is 1. The Bertz CT molecular complexity index is 1360. The van der Waals surface area contributed by atoms with Crippen molar-refractivity contribution in [2.24, 2.45) is 0 Å². The fourth-order valence-electron chi connectivity index (χ4n) is 12.8. The monoisotopic (exact) mass is 1240 g/mol. The quantitative estimate of drug-likeness (QED) is 0.0357. The normalized spacial score (nSPS) is 13.4. The first kappa shape index (κ1) is 85.5. The highest BCUT2D eigenvalue weighted by Crippen LogP contribution is 2.38. The molecule has 3 unspecified atom stereocenters. The molecule has 0 bridgehead atoms. The van der Waals surface area contributed by atoms with Crippen molar-refractivity contribution in [3.05, 3.63) is 0 Å². The number of carbonyl (C=O) groups excluding carboxylic acids is 1. The molecule has 0 rings (SSSR count). The molecule has 9 heteroatoms. The molecule has 0 aromatic rings. The number of nitrogens with one attached hydrogen (secondary N) is 1. The molecule has 0 aliphatic carbocycles. The smallest absolute Gasteiger partial charge is 0.268 e. The molecule has 0 saturated heterocycles. The molecule has 0 saturated carbocycles. The van der Waals surface area contributed by atoms with Gasteiger partial charge in [0, 0.05) is 6.42 Å². The van der Waals surface area contributed by atoms with Gasteiger partial charge in [0.15, 0.2) is 0 Å². The Hall–Kier alpha value is -0.500. The third-order valence-electron chi connectivity index (χ3n) is 18.8. The number of phosphoric acid groups is 1. The molecule has 0 heterocycles. The van der Waals surface area contributed by atoms with Crippen LogP contribution in [-0.4, -0.2) is 68.5 Å². The summed E-state index contributed by atoms with van der Waals surface area (Å²) in [6.07, 6.45) is 88.0. The van der Waals surface area contributed by atoms with Crippen LogP contribution in [0, 0.1) is 0 Å². The predicted octanol–water partition coefficient (Wildman–Crippen LogP) is 24.8. The number of aliphatic hydroxyl groups excluding tert-OH is 1. The molecular weight excluding hydrogens is 1080 g/mol. The van der Waals surface area contributed by atoms with Crippen molar-refractivity contribution in [3.8, 4) is 0 Å². The minimum atomic E-state index is -4.58. The van der Waals surface area contributed by atoms with Crippen LogP contribution in [0.1, 0.15) is 438 Å². The van der Waals surface area contributed by atoms with E-state index in [4.69, 9.17) is 9.05 Å². The van der Waals surface area contributed by atoms with Gasteiger partial charge in [0.1, 0.15) is 13.2 Å². The summed E-state index contributed by atoms with van der Waals surface area (Å²) in [7, 11) is 1.33. The molecule has 8 nitrogen and oxygen atoms in total. The zero-order chi connectivity index (χ0) is 62.6. The van der Waals surface area contributed by atoms with Crippen LogP contribution in [0.3, 0.4) is 0 Å². The summed E-state index contributed by atoms with van der Waals surface area (Å²) in [6, 6.07) is -0.798. The Morgan fingerprint density at radius 3 is 0.791 bits per heavy atom. The Labute approximate surface area is 540 Å². The molecule has 2 N–H and O–H groups in total. The number of aliphatic hydroxyl groups is 1. The molecule has 0 aromatic carbocycles. The molecule has 0 radical (unpaired) electrons. The van der Waals surface area contributed by atoms with E-state index in [1.165, 1.54) is 372 Å². The van der Waals surface area contributed by atoms with E-state index in [1.54, 1.807) is 0 Å². The summed E-state index contributed by atoms with van der Waals surface area (Å²) in [5.74, 6) is -0.152. The SMILES string of the molecule is CCCCCCCCCCCCCCCCCCCCCCCCCCCCCCCCCCCC(=O)NC(COP(=O)([O-])OCC[N+](C)(C)C)C(O)CCCCCCCCCCCCCCCCCCCCCCCCCCCCCCCCC. The van der Waals surface area contributed by atoms with Crippen LogP contribution in [0.4, 0.5) is 0 Å². The standard InChI is InChI=1S/C77H157N2O6P/c1-6-8-10-12-14-16-18-20-22-24-26-28-30-32-34-36-38-39-41-43-45-47-49-51-53-55-57-59-61-63-65-67-69-71-77(81)78-75(74-85-86(82,83)84-73-72-79(3,4)5)76(80)70-68-66-64-62-60-58-56-54-52-50-48-46-44-42-40-37-35-33-31-29-27-25-23-21-19-17-15-13-11-9-7-2/h75-76,80H,6-74H2,1-5H3,(H-,78,81,82,83). The fraction of sp³-hybridized carbons (Fsp3) is 0.987. The van der Waals surface area contributed by atoms with Gasteiger partial charge in [0.25, 0.3) is 7.82 Å². The first-order valence-electron chi connectivity index (χ1n) is 39.4. The van der Waals surface area contributed by atoms with Crippen molar-refractivity contribution in [1.82, 2.24) is 5.32 Å². The molecule has 0 fully saturated rings. The van der Waals surface area contributed by atoms with Crippen molar-refractivity contribution < 1.29 is 32.9 Å². The second-order valence-corrected chi connectivity index (χ2v) is 30.2. The largest absolute Gasteiger partial charge is 0.756 e. The third kappa shape index (κ3) is 70.9. The van der Waals surface area contributed by atoms with E-state index in [0.29, 0.717) is 23.9 Å². The molecule has 3 atom stereocenters. The lowest BCUT2D eigenvalue weighted by Gasteiger charge is -2.30. The number of hydrogen-bond donors (Lipinski definition) is 2. The molecule has 0 aliphatic rings. The van der Waals surface area contributed by atoms with E-state index < -0.39 is 20.0 Å². The molecule has 0 aliphatic heterocycles. The van der Waals surface area contributed by atoms with Gasteiger partial charge in [-0.3, -0.25) is 9.36 Å². The lowest BCUT2D eigenvalue weighted by Crippen LogP contribution is -2.46. The van der Waals surface area contributed by atoms with Gasteiger partial charge in [-0.05, 0) is 12.8 Å². The van der Waals surface area contributed by atoms with Crippen LogP contribution >= 0.6 is 7.82 Å². The topological polar surface area (TPSA) is 108 Å². The average Bonchev–Trinajstić information content (AvgIpc) is 3.70. The van der Waals surface area contributed by atoms with E-state index >= 15 is 0 Å². The van der Waals surface area contributed by atoms with Crippen LogP contribution < -0.4 is 10.2 Å². The highest BCUT2D eigenvalue weighted by atomic mass is 31.2. The number of hydrogen-bond acceptors (Lipinski definition) is 6. The van der Waals surface area contributed by atoms with Crippen molar-refractivity contribution in [2.45, 2.75) is 450 Å². The molecule has 0 aromatic heterocycles. The maximum atomic E-state index is 13.1. The minimum Gasteiger partial charge on any atom is -0.756 e. The summed E-state index contributed by atoms with van der Waals surface area (Å²) in [4.78, 5) is 25.7. The van der Waals surface area contributed by atoms with E-state index in [0.717, 1.165) is 38.5 Å². The maximum Gasteiger partial charge on any atom is 0.268 e. The summed E-state index contributed by atoms with van der Waals surface area (Å²) < 4.78 is 23.6. The Morgan fingerprint density at radius 2 is 0.570 bits per heavy atom. The van der Waals surface area contributed by atoms with Crippen molar-refractivity contribution in [2.75, 3.05) is 40.9 Å². The van der Waals surface area contributed by atoms with E-state index in [-0.39, 0.29) is 19.1 Å². The van der Waals surface area contributed by atoms with Gasteiger partial charge >= 0.3 is 0 Å². The number of phosphoric ester groups is 1. The van der Waals surface area contributed by atoms with Crippen LogP contribution in [0.25, 0.3) is 0 Å². The Morgan fingerprint density at radius 1 is 0.360 bits per heavy atom. The second-order valence-electron chi connectivity index (χ2n) is 28.8. The zero-order valence-corrected chi connectivity index (χ0v) is 60.2.